The van der Waals surface area contributed by atoms with Crippen molar-refractivity contribution in [3.63, 3.8) is 0 Å². The number of hydrogen-bond donors (Lipinski definition) is 1. The van der Waals surface area contributed by atoms with Gasteiger partial charge in [0.05, 0.1) is 12.7 Å². The molecule has 3 heteroatoms. The molecule has 0 fully saturated rings. The molecule has 0 saturated carbocycles. The Morgan fingerprint density at radius 1 is 1.29 bits per heavy atom. The summed E-state index contributed by atoms with van der Waals surface area (Å²) >= 11 is 0. The van der Waals surface area contributed by atoms with Crippen LogP contribution in [-0.2, 0) is 11.2 Å². The van der Waals surface area contributed by atoms with E-state index in [4.69, 9.17) is 4.74 Å². The van der Waals surface area contributed by atoms with Gasteiger partial charge in [-0.2, -0.15) is 0 Å². The monoisotopic (exact) mass is 290 g/mol. The fourth-order valence-corrected chi connectivity index (χ4v) is 2.75. The molecular formula is C18H30N2O. The third kappa shape index (κ3) is 5.10. The van der Waals surface area contributed by atoms with Crippen LogP contribution in [0.3, 0.4) is 0 Å². The number of hydrogen-bond acceptors (Lipinski definition) is 3. The summed E-state index contributed by atoms with van der Waals surface area (Å²) in [7, 11) is 2.20. The molecule has 1 aliphatic heterocycles. The molecule has 0 aliphatic carbocycles. The van der Waals surface area contributed by atoms with Crippen LogP contribution in [0.25, 0.3) is 0 Å². The summed E-state index contributed by atoms with van der Waals surface area (Å²) in [6, 6.07) is 9.32. The Hall–Kier alpha value is -0.900. The van der Waals surface area contributed by atoms with E-state index in [0.29, 0.717) is 6.04 Å². The second-order valence-electron chi connectivity index (χ2n) is 6.29. The molecule has 1 aliphatic rings. The standard InChI is InChI=1S/C18H30N2O/c1-15(2)20(3)12-7-6-11-19-14-18-17-9-5-4-8-16(17)10-13-21-18/h4-5,8-9,15,18-19H,6-7,10-14H2,1-3H3. The first-order valence-corrected chi connectivity index (χ1v) is 8.29. The molecule has 0 amide bonds. The lowest BCUT2D eigenvalue weighted by atomic mass is 9.97. The van der Waals surface area contributed by atoms with Crippen LogP contribution < -0.4 is 5.32 Å². The van der Waals surface area contributed by atoms with Gasteiger partial charge in [-0.1, -0.05) is 24.3 Å². The summed E-state index contributed by atoms with van der Waals surface area (Å²) in [5.41, 5.74) is 2.82. The summed E-state index contributed by atoms with van der Waals surface area (Å²) in [5.74, 6) is 0. The zero-order valence-corrected chi connectivity index (χ0v) is 13.8. The molecular weight excluding hydrogens is 260 g/mol. The highest BCUT2D eigenvalue weighted by atomic mass is 16.5. The van der Waals surface area contributed by atoms with Crippen LogP contribution in [0.2, 0.25) is 0 Å². The third-order valence-corrected chi connectivity index (χ3v) is 4.42. The van der Waals surface area contributed by atoms with Crippen molar-refractivity contribution >= 4 is 0 Å². The Labute approximate surface area is 129 Å². The van der Waals surface area contributed by atoms with Gasteiger partial charge in [0.25, 0.3) is 0 Å². The highest BCUT2D eigenvalue weighted by Crippen LogP contribution is 2.26. The summed E-state index contributed by atoms with van der Waals surface area (Å²) in [4.78, 5) is 2.40. The van der Waals surface area contributed by atoms with E-state index in [-0.39, 0.29) is 6.10 Å². The average Bonchev–Trinajstić information content (AvgIpc) is 2.50. The van der Waals surface area contributed by atoms with Gasteiger partial charge in [-0.25, -0.2) is 0 Å². The fraction of sp³-hybridized carbons (Fsp3) is 0.667. The van der Waals surface area contributed by atoms with Crippen LogP contribution in [0.5, 0.6) is 0 Å². The van der Waals surface area contributed by atoms with Crippen LogP contribution in [-0.4, -0.2) is 44.2 Å². The molecule has 0 spiro atoms. The molecule has 1 N–H and O–H groups in total. The lowest BCUT2D eigenvalue weighted by Gasteiger charge is -2.26. The van der Waals surface area contributed by atoms with Crippen LogP contribution in [0.4, 0.5) is 0 Å². The predicted octanol–water partition coefficient (Wildman–Crippen LogP) is 3.01. The summed E-state index contributed by atoms with van der Waals surface area (Å²) in [6.45, 7) is 8.53. The quantitative estimate of drug-likeness (QED) is 0.745. The van der Waals surface area contributed by atoms with Crippen molar-refractivity contribution < 1.29 is 4.74 Å². The van der Waals surface area contributed by atoms with Gasteiger partial charge in [-0.05, 0) is 64.4 Å². The number of nitrogens with one attached hydrogen (secondary N) is 1. The lowest BCUT2D eigenvalue weighted by molar-refractivity contribution is 0.0426. The van der Waals surface area contributed by atoms with E-state index in [0.717, 1.165) is 26.1 Å². The van der Waals surface area contributed by atoms with E-state index in [1.165, 1.54) is 30.5 Å². The number of nitrogens with zero attached hydrogens (tertiary/aromatic N) is 1. The van der Waals surface area contributed by atoms with Gasteiger partial charge in [0, 0.05) is 12.6 Å². The minimum atomic E-state index is 0.230. The van der Waals surface area contributed by atoms with Crippen molar-refractivity contribution in [1.82, 2.24) is 10.2 Å². The van der Waals surface area contributed by atoms with Crippen LogP contribution >= 0.6 is 0 Å². The van der Waals surface area contributed by atoms with E-state index < -0.39 is 0 Å². The van der Waals surface area contributed by atoms with Crippen molar-refractivity contribution in [2.45, 2.75) is 45.3 Å². The fourth-order valence-electron chi connectivity index (χ4n) is 2.75. The number of unbranched alkanes of at least 4 members (excludes halogenated alkanes) is 1. The summed E-state index contributed by atoms with van der Waals surface area (Å²) < 4.78 is 5.91. The van der Waals surface area contributed by atoms with Crippen LogP contribution in [0, 0.1) is 0 Å². The minimum absolute atomic E-state index is 0.230. The highest BCUT2D eigenvalue weighted by Gasteiger charge is 2.19. The van der Waals surface area contributed by atoms with Crippen molar-refractivity contribution in [1.29, 1.82) is 0 Å². The zero-order chi connectivity index (χ0) is 15.1. The Kier molecular flexibility index (Phi) is 6.68. The molecule has 0 radical (unpaired) electrons. The van der Waals surface area contributed by atoms with Gasteiger partial charge in [0.1, 0.15) is 0 Å². The highest BCUT2D eigenvalue weighted by molar-refractivity contribution is 5.31. The number of ether oxygens (including phenoxy) is 1. The number of benzene rings is 1. The Bertz CT molecular complexity index is 419. The maximum atomic E-state index is 5.91. The lowest BCUT2D eigenvalue weighted by Crippen LogP contribution is -2.29. The van der Waals surface area contributed by atoms with Gasteiger partial charge in [-0.15, -0.1) is 0 Å². The van der Waals surface area contributed by atoms with Crippen molar-refractivity contribution in [2.75, 3.05) is 33.3 Å². The molecule has 21 heavy (non-hydrogen) atoms. The normalized spacial score (nSPS) is 18.2. The van der Waals surface area contributed by atoms with Gasteiger partial charge in [-0.3, -0.25) is 0 Å². The molecule has 1 atom stereocenters. The summed E-state index contributed by atoms with van der Waals surface area (Å²) in [5, 5.41) is 3.56. The van der Waals surface area contributed by atoms with Gasteiger partial charge >= 0.3 is 0 Å². The minimum Gasteiger partial charge on any atom is -0.372 e. The van der Waals surface area contributed by atoms with Crippen molar-refractivity contribution in [3.05, 3.63) is 35.4 Å². The molecule has 1 unspecified atom stereocenters. The Morgan fingerprint density at radius 3 is 2.90 bits per heavy atom. The third-order valence-electron chi connectivity index (χ3n) is 4.42. The molecule has 0 saturated heterocycles. The Morgan fingerprint density at radius 2 is 2.10 bits per heavy atom. The molecule has 0 bridgehead atoms. The smallest absolute Gasteiger partial charge is 0.0952 e. The predicted molar refractivity (Wildman–Crippen MR) is 88.7 cm³/mol. The van der Waals surface area contributed by atoms with E-state index in [2.05, 4.69) is 55.4 Å². The van der Waals surface area contributed by atoms with E-state index >= 15 is 0 Å². The zero-order valence-electron chi connectivity index (χ0n) is 13.8. The molecule has 1 aromatic rings. The molecule has 2 rings (SSSR count). The van der Waals surface area contributed by atoms with Crippen molar-refractivity contribution in [3.8, 4) is 0 Å². The SMILES string of the molecule is CC(C)N(C)CCCCNCC1OCCc2ccccc21. The van der Waals surface area contributed by atoms with Crippen LogP contribution in [0.1, 0.15) is 43.9 Å². The van der Waals surface area contributed by atoms with E-state index in [9.17, 15) is 0 Å². The topological polar surface area (TPSA) is 24.5 Å². The van der Waals surface area contributed by atoms with Gasteiger partial charge in [0.2, 0.25) is 0 Å². The first-order chi connectivity index (χ1) is 10.2. The average molecular weight is 290 g/mol. The molecule has 0 aromatic heterocycles. The van der Waals surface area contributed by atoms with Gasteiger partial charge in [0.15, 0.2) is 0 Å². The molecule has 118 valence electrons. The Balaban J connectivity index is 1.64. The molecule has 1 aromatic carbocycles. The summed E-state index contributed by atoms with van der Waals surface area (Å²) in [6.07, 6.45) is 3.76. The van der Waals surface area contributed by atoms with E-state index in [1.807, 2.05) is 0 Å². The second kappa shape index (κ2) is 8.52. The second-order valence-corrected chi connectivity index (χ2v) is 6.29. The molecule has 3 nitrogen and oxygen atoms in total. The molecule has 1 heterocycles. The number of rotatable bonds is 8. The first-order valence-electron chi connectivity index (χ1n) is 8.29. The van der Waals surface area contributed by atoms with Gasteiger partial charge < -0.3 is 15.0 Å². The van der Waals surface area contributed by atoms with E-state index in [1.54, 1.807) is 0 Å². The maximum absolute atomic E-state index is 5.91. The first kappa shape index (κ1) is 16.5. The van der Waals surface area contributed by atoms with Crippen molar-refractivity contribution in [2.24, 2.45) is 0 Å². The maximum Gasteiger partial charge on any atom is 0.0952 e. The largest absolute Gasteiger partial charge is 0.372 e. The van der Waals surface area contributed by atoms with Crippen LogP contribution in [0.15, 0.2) is 24.3 Å². The number of fused-ring (bicyclic) bond motifs is 1.